The van der Waals surface area contributed by atoms with Crippen molar-refractivity contribution >= 4 is 5.97 Å². The van der Waals surface area contributed by atoms with Gasteiger partial charge in [-0.15, -0.1) is 0 Å². The predicted octanol–water partition coefficient (Wildman–Crippen LogP) is 4.61. The monoisotopic (exact) mass is 356 g/mol. The number of phenols is 1. The molecule has 2 N–H and O–H groups in total. The Morgan fingerprint density at radius 1 is 1.00 bits per heavy atom. The van der Waals surface area contributed by atoms with Crippen molar-refractivity contribution in [2.24, 2.45) is 0 Å². The summed E-state index contributed by atoms with van der Waals surface area (Å²) in [5.41, 5.74) is 0.947. The number of aromatic carboxylic acids is 1. The number of benzene rings is 3. The highest BCUT2D eigenvalue weighted by molar-refractivity contribution is 5.90. The molecule has 3 rings (SSSR count). The van der Waals surface area contributed by atoms with Crippen molar-refractivity contribution in [1.29, 1.82) is 0 Å². The summed E-state index contributed by atoms with van der Waals surface area (Å²) in [7, 11) is 0. The lowest BCUT2D eigenvalue weighted by Crippen LogP contribution is -2.03. The van der Waals surface area contributed by atoms with Crippen molar-refractivity contribution in [1.82, 2.24) is 0 Å². The Labute approximate surface area is 147 Å². The first-order valence-corrected chi connectivity index (χ1v) is 7.68. The van der Waals surface area contributed by atoms with Crippen LogP contribution in [0.3, 0.4) is 0 Å². The van der Waals surface area contributed by atoms with E-state index in [0.29, 0.717) is 11.1 Å². The van der Waals surface area contributed by atoms with E-state index in [0.717, 1.165) is 12.1 Å². The molecule has 0 unspecified atom stereocenters. The Bertz CT molecular complexity index is 970. The average molecular weight is 356 g/mol. The third kappa shape index (κ3) is 3.64. The van der Waals surface area contributed by atoms with E-state index >= 15 is 0 Å². The lowest BCUT2D eigenvalue weighted by atomic mass is 10.0. The Morgan fingerprint density at radius 3 is 2.50 bits per heavy atom. The molecule has 0 bridgehead atoms. The Morgan fingerprint density at radius 2 is 1.77 bits per heavy atom. The number of carboxylic acids is 1. The minimum absolute atomic E-state index is 0.00674. The molecule has 0 heterocycles. The number of hydrogen-bond donors (Lipinski definition) is 2. The van der Waals surface area contributed by atoms with Gasteiger partial charge in [-0.1, -0.05) is 18.2 Å². The molecule has 6 heteroatoms. The van der Waals surface area contributed by atoms with Crippen molar-refractivity contribution in [3.8, 4) is 22.6 Å². The third-order valence-electron chi connectivity index (χ3n) is 3.82. The molecule has 0 aliphatic rings. The number of carboxylic acid groups (broad SMARTS) is 1. The molecule has 0 aromatic heterocycles. The lowest BCUT2D eigenvalue weighted by molar-refractivity contribution is 0.0691. The van der Waals surface area contributed by atoms with Crippen molar-refractivity contribution in [3.05, 3.63) is 83.4 Å². The van der Waals surface area contributed by atoms with Crippen molar-refractivity contribution in [2.45, 2.75) is 6.61 Å². The fraction of sp³-hybridized carbons (Fsp3) is 0.0500. The van der Waals surface area contributed by atoms with Crippen LogP contribution in [0.5, 0.6) is 11.5 Å². The number of phenolic OH excluding ortho intramolecular Hbond substituents is 1. The lowest BCUT2D eigenvalue weighted by Gasteiger charge is -2.12. The second-order valence-corrected chi connectivity index (χ2v) is 5.56. The maximum absolute atomic E-state index is 14.0. The van der Waals surface area contributed by atoms with Crippen LogP contribution in [0.25, 0.3) is 11.1 Å². The van der Waals surface area contributed by atoms with Gasteiger partial charge in [-0.2, -0.15) is 0 Å². The maximum Gasteiger partial charge on any atom is 0.339 e. The van der Waals surface area contributed by atoms with Gasteiger partial charge in [-0.25, -0.2) is 13.6 Å². The van der Waals surface area contributed by atoms with Crippen LogP contribution in [0, 0.1) is 11.6 Å². The van der Waals surface area contributed by atoms with E-state index in [1.807, 2.05) is 0 Å². The number of halogens is 2. The molecule has 0 saturated carbocycles. The zero-order chi connectivity index (χ0) is 18.7. The van der Waals surface area contributed by atoms with Crippen LogP contribution in [-0.4, -0.2) is 16.2 Å². The molecular formula is C20H14F2O4. The van der Waals surface area contributed by atoms with E-state index < -0.39 is 17.6 Å². The Balaban J connectivity index is 1.88. The van der Waals surface area contributed by atoms with Gasteiger partial charge in [-0.3, -0.25) is 0 Å². The van der Waals surface area contributed by atoms with Crippen LogP contribution in [0.15, 0.2) is 60.7 Å². The third-order valence-corrected chi connectivity index (χ3v) is 3.82. The van der Waals surface area contributed by atoms with Gasteiger partial charge < -0.3 is 14.9 Å². The standard InChI is InChI=1S/C20H14F2O4/c21-14-6-7-15(17(22)10-14)12-5-8-18(23)13(9-12)11-26-19-4-2-1-3-16(19)20(24)25/h1-10,23H,11H2,(H,24,25). The summed E-state index contributed by atoms with van der Waals surface area (Å²) < 4.78 is 32.5. The van der Waals surface area contributed by atoms with E-state index in [2.05, 4.69) is 0 Å². The van der Waals surface area contributed by atoms with E-state index in [1.165, 1.54) is 36.4 Å². The van der Waals surface area contributed by atoms with Crippen LogP contribution in [-0.2, 0) is 6.61 Å². The Kier molecular flexibility index (Phi) is 4.84. The first kappa shape index (κ1) is 17.4. The predicted molar refractivity (Wildman–Crippen MR) is 91.2 cm³/mol. The number of rotatable bonds is 5. The quantitative estimate of drug-likeness (QED) is 0.700. The molecule has 26 heavy (non-hydrogen) atoms. The molecule has 3 aromatic rings. The maximum atomic E-state index is 14.0. The summed E-state index contributed by atoms with van der Waals surface area (Å²) in [6.07, 6.45) is 0. The second kappa shape index (κ2) is 7.23. The summed E-state index contributed by atoms with van der Waals surface area (Å²) in [5.74, 6) is -2.47. The van der Waals surface area contributed by atoms with Crippen LogP contribution in [0.4, 0.5) is 8.78 Å². The van der Waals surface area contributed by atoms with E-state index in [-0.39, 0.29) is 29.2 Å². The molecule has 0 fully saturated rings. The topological polar surface area (TPSA) is 66.8 Å². The molecule has 0 radical (unpaired) electrons. The highest BCUT2D eigenvalue weighted by Gasteiger charge is 2.13. The minimum atomic E-state index is -1.13. The number of para-hydroxylation sites is 1. The molecule has 132 valence electrons. The molecular weight excluding hydrogens is 342 g/mol. The summed E-state index contributed by atoms with van der Waals surface area (Å²) in [6.45, 7) is -0.118. The molecule has 0 aliphatic carbocycles. The second-order valence-electron chi connectivity index (χ2n) is 5.56. The zero-order valence-electron chi connectivity index (χ0n) is 13.4. The normalized spacial score (nSPS) is 10.5. The molecule has 0 saturated heterocycles. The van der Waals surface area contributed by atoms with Gasteiger partial charge in [-0.05, 0) is 42.0 Å². The SMILES string of the molecule is O=C(O)c1ccccc1OCc1cc(-c2ccc(F)cc2F)ccc1O. The van der Waals surface area contributed by atoms with Crippen LogP contribution < -0.4 is 4.74 Å². The summed E-state index contributed by atoms with van der Waals surface area (Å²) >= 11 is 0. The van der Waals surface area contributed by atoms with Gasteiger partial charge in [0, 0.05) is 17.2 Å². The number of aromatic hydroxyl groups is 1. The average Bonchev–Trinajstić information content (AvgIpc) is 2.61. The van der Waals surface area contributed by atoms with Gasteiger partial charge in [0.25, 0.3) is 0 Å². The molecule has 0 atom stereocenters. The van der Waals surface area contributed by atoms with Crippen LogP contribution in [0.2, 0.25) is 0 Å². The van der Waals surface area contributed by atoms with Crippen molar-refractivity contribution < 1.29 is 28.5 Å². The molecule has 3 aromatic carbocycles. The van der Waals surface area contributed by atoms with Gasteiger partial charge in [0.05, 0.1) is 0 Å². The smallest absolute Gasteiger partial charge is 0.339 e. The minimum Gasteiger partial charge on any atom is -0.508 e. The molecule has 0 spiro atoms. The Hall–Kier alpha value is -3.41. The summed E-state index contributed by atoms with van der Waals surface area (Å²) in [5, 5.41) is 19.2. The highest BCUT2D eigenvalue weighted by atomic mass is 19.1. The van der Waals surface area contributed by atoms with Crippen LogP contribution in [0.1, 0.15) is 15.9 Å². The molecule has 0 amide bonds. The van der Waals surface area contributed by atoms with E-state index in [1.54, 1.807) is 12.1 Å². The summed E-state index contributed by atoms with van der Waals surface area (Å²) in [6, 6.07) is 13.7. The van der Waals surface area contributed by atoms with Crippen LogP contribution >= 0.6 is 0 Å². The molecule has 0 aliphatic heterocycles. The van der Waals surface area contributed by atoms with Gasteiger partial charge in [0.1, 0.15) is 35.3 Å². The summed E-state index contributed by atoms with van der Waals surface area (Å²) in [4.78, 5) is 11.2. The zero-order valence-corrected chi connectivity index (χ0v) is 13.4. The first-order valence-electron chi connectivity index (χ1n) is 7.68. The fourth-order valence-corrected chi connectivity index (χ4v) is 2.52. The van der Waals surface area contributed by atoms with Crippen molar-refractivity contribution in [3.63, 3.8) is 0 Å². The fourth-order valence-electron chi connectivity index (χ4n) is 2.52. The molecule has 4 nitrogen and oxygen atoms in total. The number of carbonyl (C=O) groups is 1. The van der Waals surface area contributed by atoms with Crippen molar-refractivity contribution in [2.75, 3.05) is 0 Å². The largest absolute Gasteiger partial charge is 0.508 e. The van der Waals surface area contributed by atoms with Gasteiger partial charge in [0.15, 0.2) is 0 Å². The number of hydrogen-bond acceptors (Lipinski definition) is 3. The van der Waals surface area contributed by atoms with Gasteiger partial charge in [0.2, 0.25) is 0 Å². The van der Waals surface area contributed by atoms with E-state index in [9.17, 15) is 18.7 Å². The van der Waals surface area contributed by atoms with Gasteiger partial charge >= 0.3 is 5.97 Å². The first-order chi connectivity index (χ1) is 12.5. The van der Waals surface area contributed by atoms with E-state index in [4.69, 9.17) is 9.84 Å². The number of ether oxygens (including phenoxy) is 1. The highest BCUT2D eigenvalue weighted by Crippen LogP contribution is 2.29.